The molecule has 0 aliphatic rings. The molecule has 0 spiro atoms. The maximum atomic E-state index is 13.7. The lowest BCUT2D eigenvalue weighted by Crippen LogP contribution is -2.20. The predicted molar refractivity (Wildman–Crippen MR) is 78.3 cm³/mol. The van der Waals surface area contributed by atoms with E-state index in [1.54, 1.807) is 31.3 Å². The SMILES string of the molecule is CNC(Cc1cccc(F)c1F)c1cc(Cl)ccc1Cl. The number of rotatable bonds is 4. The maximum Gasteiger partial charge on any atom is 0.162 e. The number of halogens is 4. The van der Waals surface area contributed by atoms with E-state index in [1.807, 2.05) is 0 Å². The summed E-state index contributed by atoms with van der Waals surface area (Å²) in [6.45, 7) is 0. The molecule has 0 amide bonds. The van der Waals surface area contributed by atoms with Crippen LogP contribution in [0, 0.1) is 11.6 Å². The van der Waals surface area contributed by atoms with Crippen molar-refractivity contribution in [3.63, 3.8) is 0 Å². The zero-order valence-corrected chi connectivity index (χ0v) is 12.3. The van der Waals surface area contributed by atoms with E-state index < -0.39 is 11.6 Å². The van der Waals surface area contributed by atoms with Crippen molar-refractivity contribution < 1.29 is 8.78 Å². The molecule has 106 valence electrons. The largest absolute Gasteiger partial charge is 0.313 e. The van der Waals surface area contributed by atoms with Crippen LogP contribution in [-0.2, 0) is 6.42 Å². The van der Waals surface area contributed by atoms with Gasteiger partial charge >= 0.3 is 0 Å². The van der Waals surface area contributed by atoms with Crippen LogP contribution >= 0.6 is 23.2 Å². The van der Waals surface area contributed by atoms with E-state index >= 15 is 0 Å². The van der Waals surface area contributed by atoms with Crippen LogP contribution in [-0.4, -0.2) is 7.05 Å². The second kappa shape index (κ2) is 6.53. The molecule has 0 saturated heterocycles. The summed E-state index contributed by atoms with van der Waals surface area (Å²) < 4.78 is 27.0. The lowest BCUT2D eigenvalue weighted by Gasteiger charge is -2.19. The van der Waals surface area contributed by atoms with Gasteiger partial charge in [-0.3, -0.25) is 0 Å². The van der Waals surface area contributed by atoms with Crippen LogP contribution in [0.15, 0.2) is 36.4 Å². The van der Waals surface area contributed by atoms with Crippen molar-refractivity contribution in [2.45, 2.75) is 12.5 Å². The monoisotopic (exact) mass is 315 g/mol. The average molecular weight is 316 g/mol. The first-order valence-electron chi connectivity index (χ1n) is 6.08. The molecule has 0 saturated carbocycles. The Morgan fingerprint density at radius 1 is 1.15 bits per heavy atom. The summed E-state index contributed by atoms with van der Waals surface area (Å²) in [7, 11) is 1.74. The van der Waals surface area contributed by atoms with Crippen LogP contribution in [0.2, 0.25) is 10.0 Å². The Labute approximate surface area is 126 Å². The van der Waals surface area contributed by atoms with Crippen molar-refractivity contribution in [2.24, 2.45) is 0 Å². The van der Waals surface area contributed by atoms with Gasteiger partial charge < -0.3 is 5.32 Å². The van der Waals surface area contributed by atoms with E-state index in [0.717, 1.165) is 11.6 Å². The highest BCUT2D eigenvalue weighted by Gasteiger charge is 2.17. The van der Waals surface area contributed by atoms with Gasteiger partial charge in [0.05, 0.1) is 0 Å². The minimum absolute atomic E-state index is 0.252. The summed E-state index contributed by atoms with van der Waals surface area (Å²) in [5.74, 6) is -1.68. The quantitative estimate of drug-likeness (QED) is 0.856. The second-order valence-corrected chi connectivity index (χ2v) is 5.27. The first kappa shape index (κ1) is 15.2. The van der Waals surface area contributed by atoms with Gasteiger partial charge in [-0.25, -0.2) is 8.78 Å². The summed E-state index contributed by atoms with van der Waals surface area (Å²) in [4.78, 5) is 0. The predicted octanol–water partition coefficient (Wildman–Crippen LogP) is 4.77. The Balaban J connectivity index is 2.34. The van der Waals surface area contributed by atoms with Crippen molar-refractivity contribution in [3.05, 3.63) is 69.2 Å². The Morgan fingerprint density at radius 3 is 2.60 bits per heavy atom. The van der Waals surface area contributed by atoms with Gasteiger partial charge in [0.25, 0.3) is 0 Å². The minimum Gasteiger partial charge on any atom is -0.313 e. The fourth-order valence-electron chi connectivity index (χ4n) is 2.08. The van der Waals surface area contributed by atoms with Gasteiger partial charge in [0.15, 0.2) is 11.6 Å². The van der Waals surface area contributed by atoms with Crippen molar-refractivity contribution in [1.29, 1.82) is 0 Å². The Hall–Kier alpha value is -1.16. The van der Waals surface area contributed by atoms with Crippen molar-refractivity contribution in [2.75, 3.05) is 7.05 Å². The van der Waals surface area contributed by atoms with Gasteiger partial charge in [-0.05, 0) is 48.9 Å². The van der Waals surface area contributed by atoms with Crippen molar-refractivity contribution >= 4 is 23.2 Å². The molecule has 0 aliphatic heterocycles. The second-order valence-electron chi connectivity index (χ2n) is 4.42. The van der Waals surface area contributed by atoms with Gasteiger partial charge in [0.2, 0.25) is 0 Å². The molecule has 2 aromatic carbocycles. The molecule has 2 rings (SSSR count). The molecular formula is C15H13Cl2F2N. The zero-order valence-electron chi connectivity index (χ0n) is 10.8. The van der Waals surface area contributed by atoms with Gasteiger partial charge in [-0.1, -0.05) is 35.3 Å². The molecule has 0 heterocycles. The fourth-order valence-corrected chi connectivity index (χ4v) is 2.50. The van der Waals surface area contributed by atoms with E-state index in [4.69, 9.17) is 23.2 Å². The summed E-state index contributed by atoms with van der Waals surface area (Å²) >= 11 is 12.1. The fraction of sp³-hybridized carbons (Fsp3) is 0.200. The number of likely N-dealkylation sites (N-methyl/N-ethyl adjacent to an activating group) is 1. The topological polar surface area (TPSA) is 12.0 Å². The molecule has 2 aromatic rings. The summed E-state index contributed by atoms with van der Waals surface area (Å²) in [6.07, 6.45) is 0.278. The molecule has 1 unspecified atom stereocenters. The molecular weight excluding hydrogens is 303 g/mol. The molecule has 0 bridgehead atoms. The highest BCUT2D eigenvalue weighted by Crippen LogP contribution is 2.29. The summed E-state index contributed by atoms with van der Waals surface area (Å²) in [5.41, 5.74) is 1.05. The normalized spacial score (nSPS) is 12.4. The Morgan fingerprint density at radius 2 is 1.90 bits per heavy atom. The average Bonchev–Trinajstić information content (AvgIpc) is 2.43. The lowest BCUT2D eigenvalue weighted by molar-refractivity contribution is 0.487. The van der Waals surface area contributed by atoms with E-state index in [9.17, 15) is 8.78 Å². The van der Waals surface area contributed by atoms with Gasteiger partial charge in [0, 0.05) is 16.1 Å². The number of nitrogens with one attached hydrogen (secondary N) is 1. The molecule has 0 aromatic heterocycles. The minimum atomic E-state index is -0.852. The maximum absolute atomic E-state index is 13.7. The van der Waals surface area contributed by atoms with E-state index in [0.29, 0.717) is 15.6 Å². The standard InChI is InChI=1S/C15H13Cl2F2N/c1-20-14(11-8-10(16)5-6-12(11)17)7-9-3-2-4-13(18)15(9)19/h2-6,8,14,20H,7H2,1H3. The van der Waals surface area contributed by atoms with E-state index in [1.165, 1.54) is 6.07 Å². The Kier molecular flexibility index (Phi) is 4.97. The van der Waals surface area contributed by atoms with E-state index in [2.05, 4.69) is 5.32 Å². The summed E-state index contributed by atoms with van der Waals surface area (Å²) in [6, 6.07) is 8.98. The molecule has 1 N–H and O–H groups in total. The van der Waals surface area contributed by atoms with Crippen molar-refractivity contribution in [1.82, 2.24) is 5.32 Å². The molecule has 20 heavy (non-hydrogen) atoms. The molecule has 0 aliphatic carbocycles. The number of hydrogen-bond donors (Lipinski definition) is 1. The molecule has 5 heteroatoms. The first-order valence-corrected chi connectivity index (χ1v) is 6.83. The molecule has 0 fully saturated rings. The van der Waals surface area contributed by atoms with Crippen LogP contribution in [0.4, 0.5) is 8.78 Å². The van der Waals surface area contributed by atoms with Gasteiger partial charge in [-0.2, -0.15) is 0 Å². The molecule has 1 atom stereocenters. The zero-order chi connectivity index (χ0) is 14.7. The number of benzene rings is 2. The van der Waals surface area contributed by atoms with Gasteiger partial charge in [-0.15, -0.1) is 0 Å². The first-order chi connectivity index (χ1) is 9.52. The third-order valence-electron chi connectivity index (χ3n) is 3.14. The third-order valence-corrected chi connectivity index (χ3v) is 3.72. The molecule has 0 radical (unpaired) electrons. The Bertz CT molecular complexity index is 617. The smallest absolute Gasteiger partial charge is 0.162 e. The van der Waals surface area contributed by atoms with Crippen LogP contribution in [0.5, 0.6) is 0 Å². The van der Waals surface area contributed by atoms with Gasteiger partial charge in [0.1, 0.15) is 0 Å². The van der Waals surface area contributed by atoms with Crippen molar-refractivity contribution in [3.8, 4) is 0 Å². The van der Waals surface area contributed by atoms with Crippen LogP contribution in [0.1, 0.15) is 17.2 Å². The highest BCUT2D eigenvalue weighted by molar-refractivity contribution is 6.33. The number of hydrogen-bond acceptors (Lipinski definition) is 1. The van der Waals surface area contributed by atoms with E-state index in [-0.39, 0.29) is 12.5 Å². The van der Waals surface area contributed by atoms with Crippen LogP contribution in [0.25, 0.3) is 0 Å². The lowest BCUT2D eigenvalue weighted by atomic mass is 9.98. The van der Waals surface area contributed by atoms with Crippen LogP contribution in [0.3, 0.4) is 0 Å². The molecule has 1 nitrogen and oxygen atoms in total. The third kappa shape index (κ3) is 3.29. The van der Waals surface area contributed by atoms with Crippen LogP contribution < -0.4 is 5.32 Å². The summed E-state index contributed by atoms with van der Waals surface area (Å²) in [5, 5.41) is 4.13. The highest BCUT2D eigenvalue weighted by atomic mass is 35.5.